The lowest BCUT2D eigenvalue weighted by Crippen LogP contribution is -2.17. The van der Waals surface area contributed by atoms with Gasteiger partial charge in [0, 0.05) is 35.3 Å². The maximum Gasteiger partial charge on any atom is 0.305 e. The number of carbonyl (C=O) groups excluding carboxylic acids is 1. The molecule has 0 spiro atoms. The van der Waals surface area contributed by atoms with Crippen molar-refractivity contribution < 1.29 is 18.5 Å². The highest BCUT2D eigenvalue weighted by molar-refractivity contribution is 7.85. The van der Waals surface area contributed by atoms with Gasteiger partial charge in [0.25, 0.3) is 0 Å². The van der Waals surface area contributed by atoms with Crippen LogP contribution in [0.15, 0.2) is 0 Å². The second-order valence-electron chi connectivity index (χ2n) is 3.63. The van der Waals surface area contributed by atoms with E-state index < -0.39 is 10.8 Å². The molecule has 5 heteroatoms. The van der Waals surface area contributed by atoms with Crippen LogP contribution in [-0.4, -0.2) is 41.5 Å². The quantitative estimate of drug-likeness (QED) is 0.640. The van der Waals surface area contributed by atoms with E-state index in [1.165, 1.54) is 7.11 Å². The predicted molar refractivity (Wildman–Crippen MR) is 58.1 cm³/mol. The summed E-state index contributed by atoms with van der Waals surface area (Å²) in [6, 6.07) is 0. The topological polar surface area (TPSA) is 52.6 Å². The number of hydrogen-bond acceptors (Lipinski definition) is 4. The van der Waals surface area contributed by atoms with E-state index in [9.17, 15) is 9.00 Å². The fourth-order valence-electron chi connectivity index (χ4n) is 1.55. The van der Waals surface area contributed by atoms with E-state index in [2.05, 4.69) is 4.74 Å². The van der Waals surface area contributed by atoms with Crippen LogP contribution in [0.3, 0.4) is 0 Å². The minimum Gasteiger partial charge on any atom is -0.469 e. The number of rotatable bonds is 6. The van der Waals surface area contributed by atoms with Gasteiger partial charge in [0.05, 0.1) is 13.2 Å². The molecule has 2 unspecified atom stereocenters. The molecule has 0 bridgehead atoms. The van der Waals surface area contributed by atoms with E-state index >= 15 is 0 Å². The van der Waals surface area contributed by atoms with Gasteiger partial charge in [-0.15, -0.1) is 0 Å². The Hall–Kier alpha value is -0.420. The number of esters is 1. The number of hydrogen-bond donors (Lipinski definition) is 0. The molecule has 15 heavy (non-hydrogen) atoms. The van der Waals surface area contributed by atoms with Gasteiger partial charge in [-0.05, 0) is 19.3 Å². The van der Waals surface area contributed by atoms with Gasteiger partial charge >= 0.3 is 5.97 Å². The molecule has 0 aromatic heterocycles. The van der Waals surface area contributed by atoms with Crippen molar-refractivity contribution in [2.45, 2.75) is 31.8 Å². The first-order chi connectivity index (χ1) is 7.22. The van der Waals surface area contributed by atoms with Crippen molar-refractivity contribution in [2.24, 2.45) is 0 Å². The third kappa shape index (κ3) is 5.28. The Morgan fingerprint density at radius 1 is 1.60 bits per heavy atom. The van der Waals surface area contributed by atoms with Crippen LogP contribution >= 0.6 is 0 Å². The van der Waals surface area contributed by atoms with Crippen molar-refractivity contribution in [2.75, 3.05) is 25.2 Å². The first-order valence-corrected chi connectivity index (χ1v) is 6.74. The van der Waals surface area contributed by atoms with E-state index in [1.54, 1.807) is 0 Å². The molecule has 1 heterocycles. The standard InChI is InChI=1S/C10H18O4S/c1-13-10(11)5-3-7-15(12)8-9-4-2-6-14-9/h9H,2-8H2,1H3. The van der Waals surface area contributed by atoms with Crippen LogP contribution in [0.25, 0.3) is 0 Å². The Balaban J connectivity index is 2.05. The molecular weight excluding hydrogens is 216 g/mol. The third-order valence-electron chi connectivity index (χ3n) is 2.38. The fraction of sp³-hybridized carbons (Fsp3) is 0.900. The van der Waals surface area contributed by atoms with Crippen molar-refractivity contribution in [1.29, 1.82) is 0 Å². The molecule has 0 amide bonds. The average molecular weight is 234 g/mol. The van der Waals surface area contributed by atoms with Crippen LogP contribution in [-0.2, 0) is 25.1 Å². The van der Waals surface area contributed by atoms with Crippen molar-refractivity contribution in [1.82, 2.24) is 0 Å². The normalized spacial score (nSPS) is 22.6. The summed E-state index contributed by atoms with van der Waals surface area (Å²) in [5.74, 6) is 0.944. The number of ether oxygens (including phenoxy) is 2. The first kappa shape index (κ1) is 12.6. The van der Waals surface area contributed by atoms with Gasteiger partial charge in [-0.3, -0.25) is 9.00 Å². The van der Waals surface area contributed by atoms with Gasteiger partial charge in [0.2, 0.25) is 0 Å². The Kier molecular flexibility index (Phi) is 5.86. The molecule has 1 rings (SSSR count). The van der Waals surface area contributed by atoms with E-state index in [0.29, 0.717) is 24.3 Å². The maximum absolute atomic E-state index is 11.5. The largest absolute Gasteiger partial charge is 0.469 e. The molecule has 4 nitrogen and oxygen atoms in total. The van der Waals surface area contributed by atoms with E-state index in [0.717, 1.165) is 19.4 Å². The highest BCUT2D eigenvalue weighted by atomic mass is 32.2. The third-order valence-corrected chi connectivity index (χ3v) is 3.86. The average Bonchev–Trinajstić information content (AvgIpc) is 2.70. The second kappa shape index (κ2) is 6.95. The summed E-state index contributed by atoms with van der Waals surface area (Å²) < 4.78 is 21.4. The van der Waals surface area contributed by atoms with Crippen LogP contribution in [0.2, 0.25) is 0 Å². The molecular formula is C10H18O4S. The molecule has 0 aromatic rings. The smallest absolute Gasteiger partial charge is 0.305 e. The first-order valence-electron chi connectivity index (χ1n) is 5.25. The lowest BCUT2D eigenvalue weighted by Gasteiger charge is -2.08. The van der Waals surface area contributed by atoms with E-state index in [-0.39, 0.29) is 12.1 Å². The lowest BCUT2D eigenvalue weighted by atomic mass is 10.3. The summed E-state index contributed by atoms with van der Waals surface area (Å²) >= 11 is 0. The predicted octanol–water partition coefficient (Wildman–Crippen LogP) is 0.867. The summed E-state index contributed by atoms with van der Waals surface area (Å²) in [7, 11) is 0.506. The lowest BCUT2D eigenvalue weighted by molar-refractivity contribution is -0.140. The highest BCUT2D eigenvalue weighted by Crippen LogP contribution is 2.13. The summed E-state index contributed by atoms with van der Waals surface area (Å²) in [4.78, 5) is 10.8. The van der Waals surface area contributed by atoms with Crippen LogP contribution in [0.5, 0.6) is 0 Å². The molecule has 0 aromatic carbocycles. The van der Waals surface area contributed by atoms with Crippen molar-refractivity contribution >= 4 is 16.8 Å². The second-order valence-corrected chi connectivity index (χ2v) is 5.25. The summed E-state index contributed by atoms with van der Waals surface area (Å²) in [5.41, 5.74) is 0. The van der Waals surface area contributed by atoms with Gasteiger partial charge in [0.15, 0.2) is 0 Å². The van der Waals surface area contributed by atoms with Gasteiger partial charge < -0.3 is 9.47 Å². The minimum atomic E-state index is -0.861. The van der Waals surface area contributed by atoms with Gasteiger partial charge in [-0.1, -0.05) is 0 Å². The molecule has 88 valence electrons. The van der Waals surface area contributed by atoms with E-state index in [4.69, 9.17) is 4.74 Å². The molecule has 2 atom stereocenters. The van der Waals surface area contributed by atoms with Crippen molar-refractivity contribution in [3.05, 3.63) is 0 Å². The SMILES string of the molecule is COC(=O)CCCS(=O)CC1CCCO1. The molecule has 0 aliphatic carbocycles. The minimum absolute atomic E-state index is 0.170. The Morgan fingerprint density at radius 3 is 3.00 bits per heavy atom. The van der Waals surface area contributed by atoms with Crippen molar-refractivity contribution in [3.63, 3.8) is 0 Å². The number of carbonyl (C=O) groups is 1. The fourth-order valence-corrected chi connectivity index (χ4v) is 2.86. The molecule has 1 fully saturated rings. The highest BCUT2D eigenvalue weighted by Gasteiger charge is 2.18. The zero-order valence-corrected chi connectivity index (χ0v) is 9.88. The zero-order chi connectivity index (χ0) is 11.1. The summed E-state index contributed by atoms with van der Waals surface area (Å²) in [6.45, 7) is 0.796. The van der Waals surface area contributed by atoms with Crippen LogP contribution in [0.1, 0.15) is 25.7 Å². The van der Waals surface area contributed by atoms with Crippen LogP contribution < -0.4 is 0 Å². The maximum atomic E-state index is 11.5. The molecule has 1 saturated heterocycles. The molecule has 0 radical (unpaired) electrons. The monoisotopic (exact) mass is 234 g/mol. The van der Waals surface area contributed by atoms with E-state index in [1.807, 2.05) is 0 Å². The molecule has 1 aliphatic heterocycles. The number of methoxy groups -OCH3 is 1. The zero-order valence-electron chi connectivity index (χ0n) is 9.07. The summed E-state index contributed by atoms with van der Waals surface area (Å²) in [5, 5.41) is 0. The molecule has 0 saturated carbocycles. The van der Waals surface area contributed by atoms with Crippen LogP contribution in [0, 0.1) is 0 Å². The summed E-state index contributed by atoms with van der Waals surface area (Å²) in [6.07, 6.45) is 3.25. The Morgan fingerprint density at radius 2 is 2.40 bits per heavy atom. The molecule has 0 N–H and O–H groups in total. The van der Waals surface area contributed by atoms with Crippen LogP contribution in [0.4, 0.5) is 0 Å². The molecule has 1 aliphatic rings. The van der Waals surface area contributed by atoms with Crippen molar-refractivity contribution in [3.8, 4) is 0 Å². The van der Waals surface area contributed by atoms with Gasteiger partial charge in [-0.25, -0.2) is 0 Å². The van der Waals surface area contributed by atoms with Gasteiger partial charge in [-0.2, -0.15) is 0 Å². The van der Waals surface area contributed by atoms with Gasteiger partial charge in [0.1, 0.15) is 0 Å². The Bertz CT molecular complexity index is 223. The Labute approximate surface area is 92.8 Å².